The van der Waals surface area contributed by atoms with Crippen LogP contribution in [0.2, 0.25) is 0 Å². The summed E-state index contributed by atoms with van der Waals surface area (Å²) in [4.78, 5) is 11.2. The maximum Gasteiger partial charge on any atom is 0.345 e. The van der Waals surface area contributed by atoms with Crippen LogP contribution >= 0.6 is 11.3 Å². The number of anilines is 1. The van der Waals surface area contributed by atoms with Crippen LogP contribution < -0.4 is 9.04 Å². The molecule has 1 heterocycles. The van der Waals surface area contributed by atoms with Crippen LogP contribution in [0, 0.1) is 11.3 Å². The van der Waals surface area contributed by atoms with Gasteiger partial charge in [-0.1, -0.05) is 6.07 Å². The molecular weight excluding hydrogens is 352 g/mol. The molecule has 2 rings (SSSR count). The molecule has 0 saturated carbocycles. The summed E-state index contributed by atoms with van der Waals surface area (Å²) in [5, 5.41) is 9.99. The van der Waals surface area contributed by atoms with Crippen molar-refractivity contribution in [3.05, 3.63) is 41.8 Å². The number of carbonyl (C=O) groups excluding carboxylic acids is 1. The maximum atomic E-state index is 12.4. The van der Waals surface area contributed by atoms with Crippen LogP contribution in [0.4, 0.5) is 5.69 Å². The molecule has 0 unspecified atom stereocenters. The Morgan fingerprint density at radius 1 is 1.29 bits per heavy atom. The minimum Gasteiger partial charge on any atom is -0.482 e. The number of ether oxygens (including phenoxy) is 2. The number of nitriles is 1. The van der Waals surface area contributed by atoms with Gasteiger partial charge >= 0.3 is 5.97 Å². The summed E-state index contributed by atoms with van der Waals surface area (Å²) < 4.78 is 36.0. The standard InChI is InChI=1S/C15H14N2O5S2/c1-17(24(19,20)15-3-2-10-23-15)12-4-6-13(7-5-12)22-11-14(18)21-9-8-16/h2-7,10H,9,11H2,1H3. The first kappa shape index (κ1) is 17.8. The molecule has 0 saturated heterocycles. The number of thiophene rings is 1. The minimum absolute atomic E-state index is 0.255. The van der Waals surface area contributed by atoms with Crippen molar-refractivity contribution in [2.75, 3.05) is 24.6 Å². The van der Waals surface area contributed by atoms with Crippen LogP contribution in [0.25, 0.3) is 0 Å². The predicted octanol–water partition coefficient (Wildman–Crippen LogP) is 2.02. The van der Waals surface area contributed by atoms with E-state index in [4.69, 9.17) is 10.00 Å². The molecule has 7 nitrogen and oxygen atoms in total. The zero-order chi connectivity index (χ0) is 17.6. The molecule has 0 atom stereocenters. The Labute approximate surface area is 143 Å². The number of carbonyl (C=O) groups is 1. The molecule has 0 bridgehead atoms. The number of nitrogens with zero attached hydrogens (tertiary/aromatic N) is 2. The number of esters is 1. The van der Waals surface area contributed by atoms with Gasteiger partial charge in [-0.2, -0.15) is 5.26 Å². The summed E-state index contributed by atoms with van der Waals surface area (Å²) in [6.45, 7) is -0.656. The molecule has 0 aliphatic rings. The van der Waals surface area contributed by atoms with Crippen LogP contribution in [-0.2, 0) is 19.6 Å². The van der Waals surface area contributed by atoms with Crippen molar-refractivity contribution in [3.63, 3.8) is 0 Å². The van der Waals surface area contributed by atoms with Crippen LogP contribution in [0.5, 0.6) is 5.75 Å². The molecule has 126 valence electrons. The first-order valence-corrected chi connectivity index (χ1v) is 9.05. The molecule has 2 aromatic rings. The zero-order valence-corrected chi connectivity index (χ0v) is 14.3. The molecule has 24 heavy (non-hydrogen) atoms. The number of rotatable bonds is 7. The molecule has 1 aromatic carbocycles. The van der Waals surface area contributed by atoms with E-state index < -0.39 is 16.0 Å². The molecular formula is C15H14N2O5S2. The summed E-state index contributed by atoms with van der Waals surface area (Å²) >= 11 is 1.15. The van der Waals surface area contributed by atoms with E-state index in [0.29, 0.717) is 11.4 Å². The van der Waals surface area contributed by atoms with Crippen molar-refractivity contribution in [1.29, 1.82) is 5.26 Å². The third-order valence-corrected chi connectivity index (χ3v) is 6.12. The molecule has 0 fully saturated rings. The van der Waals surface area contributed by atoms with Crippen molar-refractivity contribution >= 4 is 33.0 Å². The Kier molecular flexibility index (Phi) is 5.78. The van der Waals surface area contributed by atoms with Crippen molar-refractivity contribution in [2.45, 2.75) is 4.21 Å². The van der Waals surface area contributed by atoms with Crippen LogP contribution in [0.15, 0.2) is 46.0 Å². The molecule has 9 heteroatoms. The van der Waals surface area contributed by atoms with E-state index in [9.17, 15) is 13.2 Å². The lowest BCUT2D eigenvalue weighted by Gasteiger charge is -2.18. The van der Waals surface area contributed by atoms with E-state index in [0.717, 1.165) is 11.3 Å². The van der Waals surface area contributed by atoms with Gasteiger partial charge in [-0.25, -0.2) is 13.2 Å². The lowest BCUT2D eigenvalue weighted by atomic mass is 10.3. The van der Waals surface area contributed by atoms with Gasteiger partial charge in [0.05, 0.1) is 5.69 Å². The van der Waals surface area contributed by atoms with Crippen LogP contribution in [0.3, 0.4) is 0 Å². The zero-order valence-electron chi connectivity index (χ0n) is 12.7. The van der Waals surface area contributed by atoms with Gasteiger partial charge in [-0.3, -0.25) is 4.31 Å². The normalized spacial score (nSPS) is 10.7. The maximum absolute atomic E-state index is 12.4. The fourth-order valence-electron chi connectivity index (χ4n) is 1.73. The fraction of sp³-hybridized carbons (Fsp3) is 0.200. The summed E-state index contributed by atoms with van der Waals surface area (Å²) in [6, 6.07) is 11.1. The highest BCUT2D eigenvalue weighted by Gasteiger charge is 2.22. The summed E-state index contributed by atoms with van der Waals surface area (Å²) in [5.41, 5.74) is 0.461. The second-order valence-electron chi connectivity index (χ2n) is 4.51. The number of hydrogen-bond donors (Lipinski definition) is 0. The Bertz CT molecular complexity index is 824. The first-order chi connectivity index (χ1) is 11.4. The Morgan fingerprint density at radius 3 is 2.58 bits per heavy atom. The molecule has 0 radical (unpaired) electrons. The van der Waals surface area contributed by atoms with Crippen molar-refractivity contribution in [1.82, 2.24) is 0 Å². The predicted molar refractivity (Wildman–Crippen MR) is 88.4 cm³/mol. The topological polar surface area (TPSA) is 96.7 Å². The van der Waals surface area contributed by atoms with Gasteiger partial charge in [0.2, 0.25) is 0 Å². The average Bonchev–Trinajstić information content (AvgIpc) is 3.13. The smallest absolute Gasteiger partial charge is 0.345 e. The lowest BCUT2D eigenvalue weighted by molar-refractivity contribution is -0.144. The van der Waals surface area contributed by atoms with E-state index in [-0.39, 0.29) is 17.4 Å². The third kappa shape index (κ3) is 4.24. The second kappa shape index (κ2) is 7.81. The SMILES string of the molecule is CN(c1ccc(OCC(=O)OCC#N)cc1)S(=O)(=O)c1cccs1. The molecule has 0 aliphatic heterocycles. The van der Waals surface area contributed by atoms with Crippen molar-refractivity contribution in [3.8, 4) is 11.8 Å². The summed E-state index contributed by atoms with van der Waals surface area (Å²) in [7, 11) is -2.13. The monoisotopic (exact) mass is 366 g/mol. The number of benzene rings is 1. The minimum atomic E-state index is -3.59. The molecule has 1 aromatic heterocycles. The molecule has 0 spiro atoms. The van der Waals surface area contributed by atoms with Gasteiger partial charge in [-0.05, 0) is 35.7 Å². The molecule has 0 N–H and O–H groups in total. The highest BCUT2D eigenvalue weighted by molar-refractivity contribution is 7.94. The van der Waals surface area contributed by atoms with Crippen LogP contribution in [-0.4, -0.2) is 34.6 Å². The molecule has 0 aliphatic carbocycles. The molecule has 0 amide bonds. The Balaban J connectivity index is 2.02. The van der Waals surface area contributed by atoms with Gasteiger partial charge in [0.1, 0.15) is 16.0 Å². The van der Waals surface area contributed by atoms with Crippen molar-refractivity contribution < 1.29 is 22.7 Å². The van der Waals surface area contributed by atoms with E-state index in [1.165, 1.54) is 11.4 Å². The summed E-state index contributed by atoms with van der Waals surface area (Å²) in [5.74, 6) is -0.271. The van der Waals surface area contributed by atoms with Gasteiger partial charge in [0.15, 0.2) is 13.2 Å². The van der Waals surface area contributed by atoms with Gasteiger partial charge in [0, 0.05) is 7.05 Å². The van der Waals surface area contributed by atoms with Gasteiger partial charge in [0.25, 0.3) is 10.0 Å². The van der Waals surface area contributed by atoms with E-state index >= 15 is 0 Å². The number of sulfonamides is 1. The van der Waals surface area contributed by atoms with Gasteiger partial charge in [-0.15, -0.1) is 11.3 Å². The van der Waals surface area contributed by atoms with Gasteiger partial charge < -0.3 is 9.47 Å². The fourth-order valence-corrected chi connectivity index (χ4v) is 4.09. The highest BCUT2D eigenvalue weighted by Crippen LogP contribution is 2.26. The van der Waals surface area contributed by atoms with Crippen LogP contribution in [0.1, 0.15) is 0 Å². The van der Waals surface area contributed by atoms with Crippen molar-refractivity contribution in [2.24, 2.45) is 0 Å². The third-order valence-electron chi connectivity index (χ3n) is 2.96. The quantitative estimate of drug-likeness (QED) is 0.696. The van der Waals surface area contributed by atoms with E-state index in [1.807, 2.05) is 0 Å². The lowest BCUT2D eigenvalue weighted by Crippen LogP contribution is -2.25. The first-order valence-electron chi connectivity index (χ1n) is 6.73. The second-order valence-corrected chi connectivity index (χ2v) is 7.65. The Morgan fingerprint density at radius 2 is 2.00 bits per heavy atom. The highest BCUT2D eigenvalue weighted by atomic mass is 32.2. The van der Waals surface area contributed by atoms with E-state index in [2.05, 4.69) is 4.74 Å². The Hall–Kier alpha value is -2.57. The number of hydrogen-bond acceptors (Lipinski definition) is 7. The summed E-state index contributed by atoms with van der Waals surface area (Å²) in [6.07, 6.45) is 0. The van der Waals surface area contributed by atoms with E-state index in [1.54, 1.807) is 47.8 Å². The average molecular weight is 366 g/mol. The largest absolute Gasteiger partial charge is 0.482 e.